The Morgan fingerprint density at radius 3 is 2.31 bits per heavy atom. The average molecular weight is 432 g/mol. The Labute approximate surface area is 185 Å². The molecule has 4 rings (SSSR count). The van der Waals surface area contributed by atoms with Crippen LogP contribution in [-0.2, 0) is 16.0 Å². The molecular formula is C24H24N4O4. The van der Waals surface area contributed by atoms with Crippen molar-refractivity contribution in [2.75, 3.05) is 20.8 Å². The molecule has 1 N–H and O–H groups in total. The number of para-hydroxylation sites is 1. The molecule has 2 aliphatic rings. The summed E-state index contributed by atoms with van der Waals surface area (Å²) in [5, 5.41) is 7.29. The van der Waals surface area contributed by atoms with Gasteiger partial charge >= 0.3 is 0 Å². The van der Waals surface area contributed by atoms with Gasteiger partial charge in [0.2, 0.25) is 0 Å². The maximum Gasteiger partial charge on any atom is 0.282 e. The predicted octanol–water partition coefficient (Wildman–Crippen LogP) is 2.54. The van der Waals surface area contributed by atoms with Gasteiger partial charge in [0.1, 0.15) is 5.69 Å². The van der Waals surface area contributed by atoms with Crippen molar-refractivity contribution in [2.45, 2.75) is 12.8 Å². The first kappa shape index (κ1) is 21.5. The minimum Gasteiger partial charge on any atom is -0.354 e. The lowest BCUT2D eigenvalue weighted by molar-refractivity contribution is -0.0974. The molecule has 0 bridgehead atoms. The summed E-state index contributed by atoms with van der Waals surface area (Å²) in [6, 6.07) is 19.0. The van der Waals surface area contributed by atoms with Gasteiger partial charge in [0.05, 0.1) is 23.4 Å². The number of aromatic nitrogens is 3. The van der Waals surface area contributed by atoms with Gasteiger partial charge in [0.15, 0.2) is 6.29 Å². The number of methoxy groups -OCH3 is 2. The van der Waals surface area contributed by atoms with E-state index in [9.17, 15) is 9.59 Å². The SMILES string of the molecule is COC(CNC(=O)c1cn(Cc2ccccc2)cc2c(=O)n(-c3ccccc3)nc1-2)OC. The fourth-order valence-electron chi connectivity index (χ4n) is 3.49. The molecule has 0 radical (unpaired) electrons. The van der Waals surface area contributed by atoms with E-state index >= 15 is 0 Å². The van der Waals surface area contributed by atoms with Crippen LogP contribution in [0.15, 0.2) is 77.9 Å². The van der Waals surface area contributed by atoms with E-state index in [1.54, 1.807) is 24.5 Å². The molecule has 0 unspecified atom stereocenters. The number of rotatable bonds is 8. The van der Waals surface area contributed by atoms with Gasteiger partial charge in [0.25, 0.3) is 11.5 Å². The molecule has 2 aromatic rings. The zero-order valence-electron chi connectivity index (χ0n) is 17.9. The monoisotopic (exact) mass is 432 g/mol. The van der Waals surface area contributed by atoms with Crippen LogP contribution in [0.5, 0.6) is 0 Å². The van der Waals surface area contributed by atoms with Crippen LogP contribution in [0.1, 0.15) is 15.9 Å². The summed E-state index contributed by atoms with van der Waals surface area (Å²) in [7, 11) is 3.00. The van der Waals surface area contributed by atoms with E-state index in [4.69, 9.17) is 9.47 Å². The molecule has 32 heavy (non-hydrogen) atoms. The summed E-state index contributed by atoms with van der Waals surface area (Å²) < 4.78 is 13.4. The molecule has 164 valence electrons. The number of nitrogens with zero attached hydrogens (tertiary/aromatic N) is 3. The summed E-state index contributed by atoms with van der Waals surface area (Å²) in [6.07, 6.45) is 2.87. The van der Waals surface area contributed by atoms with Crippen LogP contribution in [-0.4, -0.2) is 47.3 Å². The normalized spacial score (nSPS) is 11.2. The van der Waals surface area contributed by atoms with Gasteiger partial charge < -0.3 is 19.4 Å². The molecule has 0 aliphatic carbocycles. The Hall–Kier alpha value is -3.75. The van der Waals surface area contributed by atoms with Gasteiger partial charge in [-0.3, -0.25) is 9.59 Å². The Kier molecular flexibility index (Phi) is 6.44. The van der Waals surface area contributed by atoms with Crippen molar-refractivity contribution in [3.05, 3.63) is 94.5 Å². The van der Waals surface area contributed by atoms with Crippen LogP contribution in [0, 0.1) is 0 Å². The van der Waals surface area contributed by atoms with Crippen LogP contribution in [0.25, 0.3) is 16.9 Å². The highest BCUT2D eigenvalue weighted by molar-refractivity contribution is 5.99. The second-order valence-corrected chi connectivity index (χ2v) is 7.26. The van der Waals surface area contributed by atoms with Gasteiger partial charge in [-0.2, -0.15) is 9.78 Å². The average Bonchev–Trinajstić information content (AvgIpc) is 3.16. The molecule has 0 fully saturated rings. The minimum absolute atomic E-state index is 0.157. The van der Waals surface area contributed by atoms with E-state index in [0.717, 1.165) is 5.56 Å². The maximum atomic E-state index is 13.2. The lowest BCUT2D eigenvalue weighted by Gasteiger charge is -2.16. The highest BCUT2D eigenvalue weighted by Gasteiger charge is 2.25. The van der Waals surface area contributed by atoms with E-state index in [1.807, 2.05) is 53.1 Å². The summed E-state index contributed by atoms with van der Waals surface area (Å²) >= 11 is 0. The molecule has 0 saturated carbocycles. The molecule has 1 amide bonds. The lowest BCUT2D eigenvalue weighted by atomic mass is 10.1. The first-order chi connectivity index (χ1) is 15.6. The van der Waals surface area contributed by atoms with Crippen molar-refractivity contribution in [1.82, 2.24) is 19.7 Å². The van der Waals surface area contributed by atoms with Gasteiger partial charge in [-0.25, -0.2) is 0 Å². The summed E-state index contributed by atoms with van der Waals surface area (Å²) in [4.78, 5) is 26.3. The Morgan fingerprint density at radius 1 is 1.00 bits per heavy atom. The Bertz CT molecular complexity index is 1210. The van der Waals surface area contributed by atoms with Crippen molar-refractivity contribution < 1.29 is 14.3 Å². The van der Waals surface area contributed by atoms with Crippen molar-refractivity contribution in [3.8, 4) is 16.9 Å². The van der Waals surface area contributed by atoms with Gasteiger partial charge in [0, 0.05) is 33.2 Å². The first-order valence-electron chi connectivity index (χ1n) is 10.2. The van der Waals surface area contributed by atoms with Gasteiger partial charge in [-0.15, -0.1) is 0 Å². The number of hydrogen-bond donors (Lipinski definition) is 1. The predicted molar refractivity (Wildman–Crippen MR) is 120 cm³/mol. The number of ether oxygens (including phenoxy) is 2. The molecular weight excluding hydrogens is 408 g/mol. The van der Waals surface area contributed by atoms with E-state index < -0.39 is 6.29 Å². The van der Waals surface area contributed by atoms with E-state index in [1.165, 1.54) is 18.9 Å². The summed E-state index contributed by atoms with van der Waals surface area (Å²) in [5.74, 6) is -0.366. The van der Waals surface area contributed by atoms with E-state index in [2.05, 4.69) is 10.4 Å². The number of hydrogen-bond acceptors (Lipinski definition) is 5. The summed E-state index contributed by atoms with van der Waals surface area (Å²) in [6.45, 7) is 0.663. The third-order valence-corrected chi connectivity index (χ3v) is 5.13. The van der Waals surface area contributed by atoms with Crippen molar-refractivity contribution in [2.24, 2.45) is 0 Å². The fourth-order valence-corrected chi connectivity index (χ4v) is 3.49. The topological polar surface area (TPSA) is 87.4 Å². The molecule has 8 heteroatoms. The molecule has 0 aromatic heterocycles. The second kappa shape index (κ2) is 9.59. The maximum absolute atomic E-state index is 13.2. The lowest BCUT2D eigenvalue weighted by Crippen LogP contribution is -2.34. The third-order valence-electron chi connectivity index (χ3n) is 5.13. The first-order valence-corrected chi connectivity index (χ1v) is 10.2. The smallest absolute Gasteiger partial charge is 0.282 e. The molecule has 2 heterocycles. The number of carbonyl (C=O) groups excluding carboxylic acids is 1. The second-order valence-electron chi connectivity index (χ2n) is 7.26. The third kappa shape index (κ3) is 4.46. The highest BCUT2D eigenvalue weighted by atomic mass is 16.7. The van der Waals surface area contributed by atoms with Crippen LogP contribution in [0.4, 0.5) is 0 Å². The number of amides is 1. The van der Waals surface area contributed by atoms with E-state index in [0.29, 0.717) is 29.1 Å². The number of pyridine rings is 1. The summed E-state index contributed by atoms with van der Waals surface area (Å²) in [5.41, 5.74) is 2.41. The zero-order valence-corrected chi connectivity index (χ0v) is 17.9. The number of fused-ring (bicyclic) bond motifs is 1. The highest BCUT2D eigenvalue weighted by Crippen LogP contribution is 2.23. The van der Waals surface area contributed by atoms with E-state index in [-0.39, 0.29) is 18.0 Å². The molecule has 2 aromatic carbocycles. The largest absolute Gasteiger partial charge is 0.354 e. The number of carbonyl (C=O) groups is 1. The van der Waals surface area contributed by atoms with Gasteiger partial charge in [-0.05, 0) is 17.7 Å². The quantitative estimate of drug-likeness (QED) is 0.433. The van der Waals surface area contributed by atoms with Crippen molar-refractivity contribution in [1.29, 1.82) is 0 Å². The van der Waals surface area contributed by atoms with Crippen LogP contribution < -0.4 is 10.9 Å². The fraction of sp³-hybridized carbons (Fsp3) is 0.208. The van der Waals surface area contributed by atoms with Gasteiger partial charge in [-0.1, -0.05) is 48.5 Å². The molecule has 8 nitrogen and oxygen atoms in total. The van der Waals surface area contributed by atoms with Crippen molar-refractivity contribution in [3.63, 3.8) is 0 Å². The van der Waals surface area contributed by atoms with Crippen LogP contribution in [0.3, 0.4) is 0 Å². The minimum atomic E-state index is -0.577. The zero-order chi connectivity index (χ0) is 22.5. The Morgan fingerprint density at radius 2 is 1.66 bits per heavy atom. The van der Waals surface area contributed by atoms with Crippen LogP contribution >= 0.6 is 0 Å². The molecule has 0 atom stereocenters. The molecule has 2 aliphatic heterocycles. The molecule has 0 spiro atoms. The Balaban J connectivity index is 1.78. The number of nitrogens with one attached hydrogen (secondary N) is 1. The van der Waals surface area contributed by atoms with Crippen molar-refractivity contribution >= 4 is 5.91 Å². The standard InChI is InChI=1S/C24H24N4O4/c1-31-21(32-2)13-25-23(29)19-15-27(14-17-9-5-3-6-10-17)16-20-22(19)26-28(24(20)30)18-11-7-4-8-12-18/h3-12,15-16,21H,13-14H2,1-2H3,(H,25,29). The number of benzene rings is 2. The molecule has 0 saturated heterocycles. The van der Waals surface area contributed by atoms with Crippen LogP contribution in [0.2, 0.25) is 0 Å².